The van der Waals surface area contributed by atoms with Gasteiger partial charge in [0.2, 0.25) is 11.7 Å². The Hall–Kier alpha value is -2.57. The zero-order valence-electron chi connectivity index (χ0n) is 16.5. The number of ether oxygens (including phenoxy) is 1. The van der Waals surface area contributed by atoms with Gasteiger partial charge in [-0.25, -0.2) is 0 Å². The van der Waals surface area contributed by atoms with Gasteiger partial charge in [0.05, 0.1) is 19.3 Å². The van der Waals surface area contributed by atoms with Crippen LogP contribution in [0.5, 0.6) is 5.75 Å². The van der Waals surface area contributed by atoms with Gasteiger partial charge in [-0.1, -0.05) is 31.4 Å². The van der Waals surface area contributed by atoms with E-state index in [-0.39, 0.29) is 24.2 Å². The molecule has 0 aromatic heterocycles. The molecule has 2 fully saturated rings. The van der Waals surface area contributed by atoms with Crippen LogP contribution in [-0.2, 0) is 14.4 Å². The van der Waals surface area contributed by atoms with Gasteiger partial charge in [-0.05, 0) is 25.0 Å². The minimum absolute atomic E-state index is 0.119. The lowest BCUT2D eigenvalue weighted by molar-refractivity contribution is -0.142. The molecule has 0 unspecified atom stereocenters. The fourth-order valence-corrected chi connectivity index (χ4v) is 3.99. The minimum atomic E-state index is -0.618. The van der Waals surface area contributed by atoms with E-state index in [9.17, 15) is 14.4 Å². The maximum atomic E-state index is 12.4. The second-order valence-electron chi connectivity index (χ2n) is 7.42. The van der Waals surface area contributed by atoms with Crippen LogP contribution in [0.15, 0.2) is 24.3 Å². The average molecular weight is 387 g/mol. The predicted molar refractivity (Wildman–Crippen MR) is 106 cm³/mol. The number of hydrogen-bond acceptors (Lipinski definition) is 5. The molecule has 7 heteroatoms. The third-order valence-electron chi connectivity index (χ3n) is 5.66. The van der Waals surface area contributed by atoms with Gasteiger partial charge in [0, 0.05) is 32.1 Å². The van der Waals surface area contributed by atoms with E-state index in [1.165, 1.54) is 0 Å². The van der Waals surface area contributed by atoms with E-state index >= 15 is 0 Å². The minimum Gasteiger partial charge on any atom is -0.495 e. The van der Waals surface area contributed by atoms with Gasteiger partial charge in [0.15, 0.2) is 0 Å². The van der Waals surface area contributed by atoms with Gasteiger partial charge in [0.1, 0.15) is 5.75 Å². The van der Waals surface area contributed by atoms with Crippen molar-refractivity contribution >= 4 is 23.3 Å². The average Bonchev–Trinajstić information content (AvgIpc) is 2.77. The number of nitrogens with one attached hydrogen (secondary N) is 1. The lowest BCUT2D eigenvalue weighted by atomic mass is 9.86. The molecule has 1 aliphatic heterocycles. The number of anilines is 1. The van der Waals surface area contributed by atoms with E-state index in [4.69, 9.17) is 4.74 Å². The van der Waals surface area contributed by atoms with Crippen LogP contribution in [0.25, 0.3) is 0 Å². The molecule has 1 aromatic carbocycles. The second-order valence-corrected chi connectivity index (χ2v) is 7.42. The Morgan fingerprint density at radius 3 is 2.39 bits per heavy atom. The van der Waals surface area contributed by atoms with Crippen LogP contribution < -0.4 is 15.0 Å². The molecule has 2 amide bonds. The van der Waals surface area contributed by atoms with Crippen molar-refractivity contribution in [3.05, 3.63) is 24.3 Å². The Labute approximate surface area is 166 Å². The van der Waals surface area contributed by atoms with Gasteiger partial charge in [-0.2, -0.15) is 0 Å². The molecule has 0 radical (unpaired) electrons. The number of piperazine rings is 1. The maximum absolute atomic E-state index is 12.4. The Bertz CT molecular complexity index is 707. The largest absolute Gasteiger partial charge is 0.495 e. The first-order chi connectivity index (χ1) is 13.6. The van der Waals surface area contributed by atoms with E-state index in [0.29, 0.717) is 26.2 Å². The number of Topliss-reactive ketones (excluding diaryl/α,β-unsaturated/α-hetero) is 1. The van der Waals surface area contributed by atoms with Gasteiger partial charge in [-0.15, -0.1) is 0 Å². The molecule has 28 heavy (non-hydrogen) atoms. The Morgan fingerprint density at radius 1 is 1.04 bits per heavy atom. The molecule has 1 saturated carbocycles. The van der Waals surface area contributed by atoms with Crippen LogP contribution in [0.3, 0.4) is 0 Å². The zero-order valence-corrected chi connectivity index (χ0v) is 16.5. The van der Waals surface area contributed by atoms with Crippen molar-refractivity contribution < 1.29 is 19.1 Å². The van der Waals surface area contributed by atoms with Crippen LogP contribution >= 0.6 is 0 Å². The summed E-state index contributed by atoms with van der Waals surface area (Å²) in [5, 5.41) is 2.52. The molecule has 0 bridgehead atoms. The van der Waals surface area contributed by atoms with Crippen molar-refractivity contribution in [1.82, 2.24) is 10.2 Å². The van der Waals surface area contributed by atoms with Gasteiger partial charge >= 0.3 is 0 Å². The van der Waals surface area contributed by atoms with E-state index < -0.39 is 5.91 Å². The van der Waals surface area contributed by atoms with Crippen molar-refractivity contribution in [3.63, 3.8) is 0 Å². The summed E-state index contributed by atoms with van der Waals surface area (Å²) in [6.45, 7) is 2.42. The summed E-state index contributed by atoms with van der Waals surface area (Å²) in [7, 11) is 1.65. The lowest BCUT2D eigenvalue weighted by Gasteiger charge is -2.36. The third kappa shape index (κ3) is 4.82. The molecule has 1 aromatic rings. The molecule has 1 aliphatic carbocycles. The van der Waals surface area contributed by atoms with Crippen molar-refractivity contribution in [1.29, 1.82) is 0 Å². The van der Waals surface area contributed by atoms with E-state index in [1.54, 1.807) is 12.0 Å². The Kier molecular flexibility index (Phi) is 6.90. The first kappa shape index (κ1) is 20.2. The van der Waals surface area contributed by atoms with Crippen LogP contribution in [0.4, 0.5) is 5.69 Å². The number of rotatable bonds is 6. The SMILES string of the molecule is COc1ccccc1N1CCN(C(=O)CNC(=O)C(=O)C2CCCCC2)CC1. The fraction of sp³-hybridized carbons (Fsp3) is 0.571. The van der Waals surface area contributed by atoms with Crippen LogP contribution in [0.1, 0.15) is 32.1 Å². The highest BCUT2D eigenvalue weighted by molar-refractivity contribution is 6.37. The molecule has 1 N–H and O–H groups in total. The summed E-state index contributed by atoms with van der Waals surface area (Å²) in [6, 6.07) is 7.83. The van der Waals surface area contributed by atoms with Crippen molar-refractivity contribution in [3.8, 4) is 5.75 Å². The maximum Gasteiger partial charge on any atom is 0.288 e. The van der Waals surface area contributed by atoms with E-state index in [2.05, 4.69) is 10.2 Å². The Morgan fingerprint density at radius 2 is 1.71 bits per heavy atom. The summed E-state index contributed by atoms with van der Waals surface area (Å²) in [4.78, 5) is 40.6. The number of amides is 2. The molecule has 1 heterocycles. The summed E-state index contributed by atoms with van der Waals surface area (Å²) >= 11 is 0. The summed E-state index contributed by atoms with van der Waals surface area (Å²) in [5.74, 6) is -0.491. The summed E-state index contributed by atoms with van der Waals surface area (Å²) in [6.07, 6.45) is 4.69. The molecule has 3 rings (SSSR count). The first-order valence-electron chi connectivity index (χ1n) is 10.1. The molecule has 152 valence electrons. The van der Waals surface area contributed by atoms with E-state index in [0.717, 1.165) is 43.5 Å². The topological polar surface area (TPSA) is 79.0 Å². The molecule has 0 spiro atoms. The predicted octanol–water partition coefficient (Wildman–Crippen LogP) is 1.61. The number of benzene rings is 1. The van der Waals surface area contributed by atoms with Gasteiger partial charge in [-0.3, -0.25) is 14.4 Å². The summed E-state index contributed by atoms with van der Waals surface area (Å²) in [5.41, 5.74) is 1.02. The molecular formula is C21H29N3O4. The molecule has 0 atom stereocenters. The standard InChI is InChI=1S/C21H29N3O4/c1-28-18-10-6-5-9-17(18)23-11-13-24(14-12-23)19(25)15-22-21(27)20(26)16-7-3-2-4-8-16/h5-6,9-10,16H,2-4,7-8,11-15H2,1H3,(H,22,27). The quantitative estimate of drug-likeness (QED) is 0.751. The number of ketones is 1. The Balaban J connectivity index is 1.45. The van der Waals surface area contributed by atoms with Crippen LogP contribution in [-0.4, -0.2) is 62.3 Å². The van der Waals surface area contributed by atoms with Crippen LogP contribution in [0, 0.1) is 5.92 Å². The molecule has 2 aliphatic rings. The molecule has 7 nitrogen and oxygen atoms in total. The molecular weight excluding hydrogens is 358 g/mol. The van der Waals surface area contributed by atoms with Crippen molar-refractivity contribution in [2.24, 2.45) is 5.92 Å². The first-order valence-corrected chi connectivity index (χ1v) is 10.1. The number of carbonyl (C=O) groups is 3. The van der Waals surface area contributed by atoms with Gasteiger partial charge < -0.3 is 19.9 Å². The van der Waals surface area contributed by atoms with E-state index in [1.807, 2.05) is 24.3 Å². The lowest BCUT2D eigenvalue weighted by Crippen LogP contribution is -2.52. The third-order valence-corrected chi connectivity index (χ3v) is 5.66. The monoisotopic (exact) mass is 387 g/mol. The van der Waals surface area contributed by atoms with Crippen LogP contribution in [0.2, 0.25) is 0 Å². The smallest absolute Gasteiger partial charge is 0.288 e. The number of para-hydroxylation sites is 2. The number of nitrogens with zero attached hydrogens (tertiary/aromatic N) is 2. The second kappa shape index (κ2) is 9.57. The van der Waals surface area contributed by atoms with Crippen molar-refractivity contribution in [2.75, 3.05) is 44.7 Å². The molecule has 1 saturated heterocycles. The highest BCUT2D eigenvalue weighted by Gasteiger charge is 2.28. The highest BCUT2D eigenvalue weighted by atomic mass is 16.5. The number of hydrogen-bond donors (Lipinski definition) is 1. The number of methoxy groups -OCH3 is 1. The normalized spacial score (nSPS) is 17.9. The van der Waals surface area contributed by atoms with Crippen molar-refractivity contribution in [2.45, 2.75) is 32.1 Å². The highest BCUT2D eigenvalue weighted by Crippen LogP contribution is 2.28. The van der Waals surface area contributed by atoms with Gasteiger partial charge in [0.25, 0.3) is 5.91 Å². The fourth-order valence-electron chi connectivity index (χ4n) is 3.99. The summed E-state index contributed by atoms with van der Waals surface area (Å²) < 4.78 is 5.41. The zero-order chi connectivity index (χ0) is 19.9. The number of carbonyl (C=O) groups excluding carboxylic acids is 3.